The third-order valence-corrected chi connectivity index (χ3v) is 5.12. The number of amides is 1. The van der Waals surface area contributed by atoms with Gasteiger partial charge in [0.05, 0.1) is 13.7 Å². The number of carbonyl (C=O) groups is 1. The maximum atomic E-state index is 12.6. The normalized spacial score (nSPS) is 14.8. The smallest absolute Gasteiger partial charge is 0.253 e. The van der Waals surface area contributed by atoms with Crippen molar-refractivity contribution < 1.29 is 14.1 Å². The highest BCUT2D eigenvalue weighted by molar-refractivity contribution is 6.30. The second-order valence-electron chi connectivity index (χ2n) is 6.82. The van der Waals surface area contributed by atoms with Crippen LogP contribution >= 0.6 is 11.6 Å². The predicted octanol–water partition coefficient (Wildman–Crippen LogP) is 3.36. The fourth-order valence-corrected chi connectivity index (χ4v) is 3.49. The Kier molecular flexibility index (Phi) is 5.78. The van der Waals surface area contributed by atoms with Gasteiger partial charge in [0.15, 0.2) is 0 Å². The minimum atomic E-state index is 0.00486. The third kappa shape index (κ3) is 4.58. The van der Waals surface area contributed by atoms with Crippen LogP contribution in [0.2, 0.25) is 5.02 Å². The van der Waals surface area contributed by atoms with Gasteiger partial charge < -0.3 is 14.2 Å². The van der Waals surface area contributed by atoms with E-state index in [1.165, 1.54) is 0 Å². The first-order valence-electron chi connectivity index (χ1n) is 9.36. The Balaban J connectivity index is 1.34. The lowest BCUT2D eigenvalue weighted by Gasteiger charge is -2.34. The molecule has 0 bridgehead atoms. The van der Waals surface area contributed by atoms with Gasteiger partial charge in [-0.15, -0.1) is 0 Å². The van der Waals surface area contributed by atoms with Crippen LogP contribution in [0.25, 0.3) is 11.4 Å². The molecule has 1 aromatic heterocycles. The van der Waals surface area contributed by atoms with Crippen LogP contribution in [0.3, 0.4) is 0 Å². The van der Waals surface area contributed by atoms with Crippen molar-refractivity contribution in [2.45, 2.75) is 6.54 Å². The number of hydrogen-bond donors (Lipinski definition) is 0. The van der Waals surface area contributed by atoms with E-state index in [4.69, 9.17) is 20.9 Å². The second-order valence-corrected chi connectivity index (χ2v) is 7.26. The standard InChI is InChI=1S/C21H21ClN4O3/c1-28-18-7-3-4-15(13-18)20-23-19(29-24-20)14-25-8-10-26(11-9-25)21(27)16-5-2-6-17(22)12-16/h2-7,12-13H,8-11,14H2,1H3. The molecule has 0 atom stereocenters. The lowest BCUT2D eigenvalue weighted by molar-refractivity contribution is 0.0615. The Labute approximate surface area is 173 Å². The first kappa shape index (κ1) is 19.4. The van der Waals surface area contributed by atoms with Crippen molar-refractivity contribution in [3.63, 3.8) is 0 Å². The molecule has 2 heterocycles. The number of piperazine rings is 1. The Hall–Kier alpha value is -2.90. The molecule has 0 N–H and O–H groups in total. The van der Waals surface area contributed by atoms with Crippen molar-refractivity contribution in [1.82, 2.24) is 19.9 Å². The molecule has 1 aliphatic rings. The highest BCUT2D eigenvalue weighted by atomic mass is 35.5. The van der Waals surface area contributed by atoms with E-state index < -0.39 is 0 Å². The quantitative estimate of drug-likeness (QED) is 0.640. The van der Waals surface area contributed by atoms with Crippen LogP contribution in [0, 0.1) is 0 Å². The van der Waals surface area contributed by atoms with Gasteiger partial charge in [-0.05, 0) is 30.3 Å². The van der Waals surface area contributed by atoms with Crippen molar-refractivity contribution in [3.8, 4) is 17.1 Å². The van der Waals surface area contributed by atoms with Crippen molar-refractivity contribution in [2.75, 3.05) is 33.3 Å². The highest BCUT2D eigenvalue weighted by Crippen LogP contribution is 2.22. The van der Waals surface area contributed by atoms with Crippen molar-refractivity contribution in [1.29, 1.82) is 0 Å². The third-order valence-electron chi connectivity index (χ3n) is 4.89. The van der Waals surface area contributed by atoms with Gasteiger partial charge in [-0.25, -0.2) is 0 Å². The van der Waals surface area contributed by atoms with E-state index in [0.29, 0.717) is 41.9 Å². The largest absolute Gasteiger partial charge is 0.497 e. The number of aromatic nitrogens is 2. The highest BCUT2D eigenvalue weighted by Gasteiger charge is 2.23. The van der Waals surface area contributed by atoms with Gasteiger partial charge >= 0.3 is 0 Å². The van der Waals surface area contributed by atoms with Crippen LogP contribution in [-0.2, 0) is 6.54 Å². The number of ether oxygens (including phenoxy) is 1. The summed E-state index contributed by atoms with van der Waals surface area (Å²) in [6, 6.07) is 14.6. The first-order valence-corrected chi connectivity index (χ1v) is 9.74. The van der Waals surface area contributed by atoms with E-state index in [2.05, 4.69) is 15.0 Å². The molecule has 2 aromatic carbocycles. The summed E-state index contributed by atoms with van der Waals surface area (Å²) < 4.78 is 10.7. The zero-order chi connectivity index (χ0) is 20.2. The van der Waals surface area contributed by atoms with E-state index in [9.17, 15) is 4.79 Å². The van der Waals surface area contributed by atoms with Crippen LogP contribution < -0.4 is 4.74 Å². The number of nitrogens with zero attached hydrogens (tertiary/aromatic N) is 4. The van der Waals surface area contributed by atoms with E-state index in [-0.39, 0.29) is 5.91 Å². The maximum absolute atomic E-state index is 12.6. The molecule has 0 aliphatic carbocycles. The SMILES string of the molecule is COc1cccc(-c2noc(CN3CCN(C(=O)c4cccc(Cl)c4)CC3)n2)c1. The number of methoxy groups -OCH3 is 1. The Bertz CT molecular complexity index is 999. The molecule has 0 saturated carbocycles. The Morgan fingerprint density at radius 2 is 1.93 bits per heavy atom. The average molecular weight is 413 g/mol. The van der Waals surface area contributed by atoms with Crippen molar-refractivity contribution in [2.24, 2.45) is 0 Å². The molecule has 7 nitrogen and oxygen atoms in total. The topological polar surface area (TPSA) is 71.7 Å². The molecule has 1 amide bonds. The molecule has 1 fully saturated rings. The summed E-state index contributed by atoms with van der Waals surface area (Å²) in [4.78, 5) is 21.2. The molecule has 3 aromatic rings. The fourth-order valence-electron chi connectivity index (χ4n) is 3.30. The van der Waals surface area contributed by atoms with Gasteiger partial charge in [0.2, 0.25) is 11.7 Å². The van der Waals surface area contributed by atoms with Crippen molar-refractivity contribution in [3.05, 3.63) is 65.0 Å². The second kappa shape index (κ2) is 8.63. The minimum Gasteiger partial charge on any atom is -0.497 e. The summed E-state index contributed by atoms with van der Waals surface area (Å²) in [5.41, 5.74) is 1.46. The van der Waals surface area contributed by atoms with E-state index in [1.807, 2.05) is 29.2 Å². The van der Waals surface area contributed by atoms with Gasteiger partial charge in [-0.2, -0.15) is 4.98 Å². The Morgan fingerprint density at radius 3 is 2.69 bits per heavy atom. The van der Waals surface area contributed by atoms with Crippen LogP contribution in [0.4, 0.5) is 0 Å². The van der Waals surface area contributed by atoms with Crippen LogP contribution in [-0.4, -0.2) is 59.1 Å². The van der Waals surface area contributed by atoms with Gasteiger partial charge in [0, 0.05) is 42.3 Å². The Morgan fingerprint density at radius 1 is 1.14 bits per heavy atom. The minimum absolute atomic E-state index is 0.00486. The number of carbonyl (C=O) groups excluding carboxylic acids is 1. The summed E-state index contributed by atoms with van der Waals surface area (Å²) in [6.07, 6.45) is 0. The number of benzene rings is 2. The fraction of sp³-hybridized carbons (Fsp3) is 0.286. The number of halogens is 1. The lowest BCUT2D eigenvalue weighted by Crippen LogP contribution is -2.48. The number of rotatable bonds is 5. The van der Waals surface area contributed by atoms with Crippen LogP contribution in [0.5, 0.6) is 5.75 Å². The van der Waals surface area contributed by atoms with E-state index >= 15 is 0 Å². The number of hydrogen-bond acceptors (Lipinski definition) is 6. The first-order chi connectivity index (χ1) is 14.1. The molecule has 4 rings (SSSR count). The molecule has 29 heavy (non-hydrogen) atoms. The monoisotopic (exact) mass is 412 g/mol. The van der Waals surface area contributed by atoms with Crippen molar-refractivity contribution >= 4 is 17.5 Å². The zero-order valence-corrected chi connectivity index (χ0v) is 16.8. The van der Waals surface area contributed by atoms with E-state index in [0.717, 1.165) is 24.4 Å². The lowest BCUT2D eigenvalue weighted by atomic mass is 10.2. The molecule has 1 aliphatic heterocycles. The summed E-state index contributed by atoms with van der Waals surface area (Å²) in [5, 5.41) is 4.64. The molecular formula is C21H21ClN4O3. The predicted molar refractivity (Wildman–Crippen MR) is 109 cm³/mol. The maximum Gasteiger partial charge on any atom is 0.253 e. The van der Waals surface area contributed by atoms with E-state index in [1.54, 1.807) is 31.4 Å². The molecular weight excluding hydrogens is 392 g/mol. The zero-order valence-electron chi connectivity index (χ0n) is 16.0. The molecule has 0 spiro atoms. The molecule has 0 radical (unpaired) electrons. The summed E-state index contributed by atoms with van der Waals surface area (Å²) >= 11 is 6.00. The van der Waals surface area contributed by atoms with Gasteiger partial charge in [-0.1, -0.05) is 35.0 Å². The van der Waals surface area contributed by atoms with Crippen LogP contribution in [0.1, 0.15) is 16.2 Å². The average Bonchev–Trinajstić information content (AvgIpc) is 3.22. The molecule has 0 unspecified atom stereocenters. The van der Waals surface area contributed by atoms with Crippen LogP contribution in [0.15, 0.2) is 53.1 Å². The van der Waals surface area contributed by atoms with Gasteiger partial charge in [0.1, 0.15) is 5.75 Å². The molecule has 8 heteroatoms. The molecule has 150 valence electrons. The summed E-state index contributed by atoms with van der Waals surface area (Å²) in [6.45, 7) is 3.31. The van der Waals surface area contributed by atoms with Gasteiger partial charge in [-0.3, -0.25) is 9.69 Å². The summed E-state index contributed by atoms with van der Waals surface area (Å²) in [7, 11) is 1.62. The summed E-state index contributed by atoms with van der Waals surface area (Å²) in [5.74, 6) is 1.84. The van der Waals surface area contributed by atoms with Gasteiger partial charge in [0.25, 0.3) is 5.91 Å². The molecule has 1 saturated heterocycles.